The molecule has 0 N–H and O–H groups in total. The third-order valence-electron chi connectivity index (χ3n) is 3.84. The van der Waals surface area contributed by atoms with Gasteiger partial charge in [0.05, 0.1) is 0 Å². The molecule has 1 rings (SSSR count). The van der Waals surface area contributed by atoms with E-state index in [1.165, 1.54) is 0 Å². The van der Waals surface area contributed by atoms with Crippen LogP contribution in [0.25, 0.3) is 0 Å². The maximum absolute atomic E-state index is 2.38. The summed E-state index contributed by atoms with van der Waals surface area (Å²) in [6.07, 6.45) is 0. The van der Waals surface area contributed by atoms with Gasteiger partial charge in [-0.15, -0.1) is 0 Å². The summed E-state index contributed by atoms with van der Waals surface area (Å²) in [5.74, 6) is 5.21. The average molecular weight is 139 g/mol. The molecule has 0 aromatic carbocycles. The third kappa shape index (κ3) is 0.980. The lowest BCUT2D eigenvalue weighted by Gasteiger charge is -2.30. The Hall–Kier alpha value is 0. The van der Waals surface area contributed by atoms with E-state index in [1.54, 1.807) is 5.92 Å². The molecule has 60 valence electrons. The molecule has 0 amide bonds. The van der Waals surface area contributed by atoms with Crippen molar-refractivity contribution in [2.45, 2.75) is 34.6 Å². The zero-order chi connectivity index (χ0) is 7.89. The van der Waals surface area contributed by atoms with Crippen molar-refractivity contribution in [1.29, 1.82) is 0 Å². The van der Waals surface area contributed by atoms with Gasteiger partial charge in [0, 0.05) is 0 Å². The molecule has 4 atom stereocenters. The van der Waals surface area contributed by atoms with Gasteiger partial charge in [-0.2, -0.15) is 18.8 Å². The summed E-state index contributed by atoms with van der Waals surface area (Å²) in [6.45, 7) is 11.8. The molecule has 1 fully saturated rings. The first-order valence-electron chi connectivity index (χ1n) is 4.39. The van der Waals surface area contributed by atoms with Gasteiger partial charge in [-0.25, -0.2) is 0 Å². The predicted molar refractivity (Wildman–Crippen MR) is 45.6 cm³/mol. The van der Waals surface area contributed by atoms with Crippen molar-refractivity contribution in [2.75, 3.05) is 0 Å². The zero-order valence-corrected chi connectivity index (χ0v) is 7.81. The van der Waals surface area contributed by atoms with Crippen LogP contribution < -0.4 is 0 Å². The van der Waals surface area contributed by atoms with E-state index in [0.717, 1.165) is 23.7 Å². The molecule has 0 spiro atoms. The minimum atomic E-state index is 0.852. The highest BCUT2D eigenvalue weighted by Crippen LogP contribution is 2.46. The van der Waals surface area contributed by atoms with Crippen LogP contribution >= 0.6 is 0 Å². The largest absolute Gasteiger partial charge is 0.311 e. The van der Waals surface area contributed by atoms with Crippen molar-refractivity contribution in [1.82, 2.24) is 0 Å². The maximum Gasteiger partial charge on any atom is -0.0645 e. The quantitative estimate of drug-likeness (QED) is 0.452. The van der Waals surface area contributed by atoms with Gasteiger partial charge in [0.1, 0.15) is 0 Å². The lowest BCUT2D eigenvalue weighted by Crippen LogP contribution is -2.07. The summed E-state index contributed by atoms with van der Waals surface area (Å²) in [4.78, 5) is 0. The van der Waals surface area contributed by atoms with Crippen LogP contribution in [0.1, 0.15) is 34.6 Å². The second-order valence-electron chi connectivity index (χ2n) is 4.04. The van der Waals surface area contributed by atoms with Gasteiger partial charge in [-0.1, -0.05) is 39.5 Å². The van der Waals surface area contributed by atoms with Crippen LogP contribution in [0.5, 0.6) is 0 Å². The van der Waals surface area contributed by atoms with Gasteiger partial charge in [0.2, 0.25) is 0 Å². The molecular formula is C10H19-. The Labute approximate surface area is 65.0 Å². The molecule has 4 unspecified atom stereocenters. The van der Waals surface area contributed by atoms with Gasteiger partial charge in [-0.05, 0) is 0 Å². The Balaban J connectivity index is 2.68. The van der Waals surface area contributed by atoms with E-state index < -0.39 is 0 Å². The Kier molecular flexibility index (Phi) is 2.07. The molecule has 0 nitrogen and oxygen atoms in total. The molecule has 0 aromatic rings. The first-order chi connectivity index (χ1) is 4.55. The summed E-state index contributed by atoms with van der Waals surface area (Å²) in [6, 6.07) is 0. The molecule has 1 saturated carbocycles. The fourth-order valence-electron chi connectivity index (χ4n) is 2.15. The second-order valence-corrected chi connectivity index (χ2v) is 4.04. The van der Waals surface area contributed by atoms with Crippen LogP contribution in [-0.2, 0) is 0 Å². The van der Waals surface area contributed by atoms with Crippen molar-refractivity contribution < 1.29 is 0 Å². The van der Waals surface area contributed by atoms with Gasteiger partial charge >= 0.3 is 0 Å². The smallest absolute Gasteiger partial charge is 0.0645 e. The second kappa shape index (κ2) is 2.56. The third-order valence-corrected chi connectivity index (χ3v) is 3.84. The standard InChI is InChI=1S/C10H19/c1-6-7(2)9(4)10(5)8(6)3/h6-9H,1-5H3/q-1. The highest BCUT2D eigenvalue weighted by molar-refractivity contribution is 5.06. The van der Waals surface area contributed by atoms with Crippen molar-refractivity contribution in [3.8, 4) is 0 Å². The van der Waals surface area contributed by atoms with E-state index in [4.69, 9.17) is 0 Å². The molecule has 0 saturated heterocycles. The van der Waals surface area contributed by atoms with Crippen LogP contribution in [0, 0.1) is 29.6 Å². The van der Waals surface area contributed by atoms with E-state index in [1.807, 2.05) is 0 Å². The van der Waals surface area contributed by atoms with Crippen LogP contribution in [0.15, 0.2) is 0 Å². The number of hydrogen-bond acceptors (Lipinski definition) is 0. The van der Waals surface area contributed by atoms with Crippen LogP contribution in [0.4, 0.5) is 0 Å². The fourth-order valence-corrected chi connectivity index (χ4v) is 2.15. The predicted octanol–water partition coefficient (Wildman–Crippen LogP) is 3.14. The van der Waals surface area contributed by atoms with E-state index >= 15 is 0 Å². The maximum atomic E-state index is 2.38. The average Bonchev–Trinajstić information content (AvgIpc) is 2.07. The Morgan fingerprint density at radius 3 is 1.20 bits per heavy atom. The molecule has 0 heterocycles. The molecule has 0 radical (unpaired) electrons. The van der Waals surface area contributed by atoms with E-state index in [9.17, 15) is 0 Å². The molecule has 0 aliphatic heterocycles. The highest BCUT2D eigenvalue weighted by atomic mass is 14.4. The monoisotopic (exact) mass is 139 g/mol. The van der Waals surface area contributed by atoms with Crippen molar-refractivity contribution in [2.24, 2.45) is 23.7 Å². The number of hydrogen-bond donors (Lipinski definition) is 0. The first-order valence-corrected chi connectivity index (χ1v) is 4.39. The Morgan fingerprint density at radius 2 is 1.10 bits per heavy atom. The summed E-state index contributed by atoms with van der Waals surface area (Å²) < 4.78 is 0. The topological polar surface area (TPSA) is 0 Å². The van der Waals surface area contributed by atoms with Crippen LogP contribution in [0.3, 0.4) is 0 Å². The molecule has 1 aliphatic rings. The van der Waals surface area contributed by atoms with E-state index in [0.29, 0.717) is 0 Å². The lowest BCUT2D eigenvalue weighted by atomic mass is 9.92. The number of rotatable bonds is 0. The fraction of sp³-hybridized carbons (Fsp3) is 0.900. The van der Waals surface area contributed by atoms with E-state index in [2.05, 4.69) is 34.6 Å². The van der Waals surface area contributed by atoms with Crippen molar-refractivity contribution >= 4 is 0 Å². The van der Waals surface area contributed by atoms with Gasteiger partial charge in [0.25, 0.3) is 0 Å². The Morgan fingerprint density at radius 1 is 0.800 bits per heavy atom. The molecule has 0 heteroatoms. The van der Waals surface area contributed by atoms with Gasteiger partial charge < -0.3 is 5.92 Å². The lowest BCUT2D eigenvalue weighted by molar-refractivity contribution is 0.352. The first kappa shape index (κ1) is 8.10. The van der Waals surface area contributed by atoms with Gasteiger partial charge in [-0.3, -0.25) is 0 Å². The van der Waals surface area contributed by atoms with Crippen molar-refractivity contribution in [3.63, 3.8) is 0 Å². The summed E-state index contributed by atoms with van der Waals surface area (Å²) in [5.41, 5.74) is 0. The normalized spacial score (nSPS) is 50.1. The zero-order valence-electron chi connectivity index (χ0n) is 7.81. The highest BCUT2D eigenvalue weighted by Gasteiger charge is 2.28. The molecule has 0 aromatic heterocycles. The summed E-state index contributed by atoms with van der Waals surface area (Å²) >= 11 is 0. The minimum absolute atomic E-state index is 0.852. The van der Waals surface area contributed by atoms with Crippen LogP contribution in [0.2, 0.25) is 0 Å². The van der Waals surface area contributed by atoms with Crippen molar-refractivity contribution in [3.05, 3.63) is 5.92 Å². The molecular weight excluding hydrogens is 120 g/mol. The van der Waals surface area contributed by atoms with Crippen LogP contribution in [-0.4, -0.2) is 0 Å². The molecule has 10 heavy (non-hydrogen) atoms. The molecule has 1 aliphatic carbocycles. The van der Waals surface area contributed by atoms with E-state index in [-0.39, 0.29) is 0 Å². The minimum Gasteiger partial charge on any atom is -0.311 e. The van der Waals surface area contributed by atoms with Gasteiger partial charge in [0.15, 0.2) is 0 Å². The molecule has 0 bridgehead atoms. The SMILES string of the molecule is C[C-]1C(C)C(C)C(C)C1C. The summed E-state index contributed by atoms with van der Waals surface area (Å²) in [7, 11) is 0. The summed E-state index contributed by atoms with van der Waals surface area (Å²) in [5, 5.41) is 0. The Bertz CT molecular complexity index is 72.4.